The van der Waals surface area contributed by atoms with Crippen LogP contribution in [-0.4, -0.2) is 11.8 Å². The molecule has 0 atom stereocenters. The van der Waals surface area contributed by atoms with Crippen molar-refractivity contribution in [3.05, 3.63) is 24.3 Å². The molecular formula is C12H18N2O2. The molecule has 0 aliphatic heterocycles. The highest BCUT2D eigenvalue weighted by atomic mass is 16.1. The molecule has 4 heteroatoms. The third-order valence-corrected chi connectivity index (χ3v) is 3.35. The Labute approximate surface area is 95.4 Å². The lowest BCUT2D eigenvalue weighted by Crippen LogP contribution is -2.27. The number of rotatable bonds is 4. The maximum Gasteiger partial charge on any atom is 0.244 e. The first kappa shape index (κ1) is 12.5. The lowest BCUT2D eigenvalue weighted by molar-refractivity contribution is -0.116. The third kappa shape index (κ3) is 2.72. The Hall–Kier alpha value is -1.58. The van der Waals surface area contributed by atoms with Crippen LogP contribution in [0.5, 0.6) is 0 Å². The lowest BCUT2D eigenvalue weighted by atomic mass is 9.76. The van der Waals surface area contributed by atoms with Gasteiger partial charge in [-0.25, -0.2) is 0 Å². The molecule has 0 heterocycles. The fourth-order valence-electron chi connectivity index (χ4n) is 2.19. The van der Waals surface area contributed by atoms with E-state index in [0.717, 1.165) is 25.7 Å². The summed E-state index contributed by atoms with van der Waals surface area (Å²) < 4.78 is 0. The molecule has 0 spiro atoms. The summed E-state index contributed by atoms with van der Waals surface area (Å²) in [6.07, 6.45) is 3.27. The summed E-state index contributed by atoms with van der Waals surface area (Å²) in [5.74, 6) is -0.571. The number of amides is 2. The molecule has 0 aromatic carbocycles. The largest absolute Gasteiger partial charge is 0.366 e. The summed E-state index contributed by atoms with van der Waals surface area (Å²) in [5, 5.41) is 0. The molecule has 0 aromatic rings. The van der Waals surface area contributed by atoms with Crippen molar-refractivity contribution < 1.29 is 9.59 Å². The smallest absolute Gasteiger partial charge is 0.244 e. The van der Waals surface area contributed by atoms with Crippen LogP contribution >= 0.6 is 0 Å². The summed E-state index contributed by atoms with van der Waals surface area (Å²) in [6.45, 7) is 7.39. The second-order valence-corrected chi connectivity index (χ2v) is 4.33. The molecular weight excluding hydrogens is 204 g/mol. The number of carbonyl (C=O) groups excluding carboxylic acids is 2. The molecule has 0 bridgehead atoms. The second kappa shape index (κ2) is 4.96. The molecule has 0 aromatic heterocycles. The van der Waals surface area contributed by atoms with Crippen molar-refractivity contribution in [2.75, 3.05) is 0 Å². The van der Waals surface area contributed by atoms with E-state index < -0.39 is 11.8 Å². The van der Waals surface area contributed by atoms with Gasteiger partial charge in [0, 0.05) is 11.1 Å². The molecule has 0 radical (unpaired) electrons. The summed E-state index contributed by atoms with van der Waals surface area (Å²) in [6, 6.07) is 0. The minimum Gasteiger partial charge on any atom is -0.366 e. The standard InChI is InChI=1S/C12H18N2O2/c1-7(11(13)15)9-3-5-10(6-4-9)8(2)12(14)16/h9-10H,1-6H2,(H2,13,15)(H2,14,16). The number of hydrogen-bond donors (Lipinski definition) is 2. The van der Waals surface area contributed by atoms with E-state index in [2.05, 4.69) is 13.2 Å². The van der Waals surface area contributed by atoms with Crippen LogP contribution in [-0.2, 0) is 9.59 Å². The van der Waals surface area contributed by atoms with Gasteiger partial charge < -0.3 is 11.5 Å². The molecule has 1 saturated carbocycles. The first-order chi connectivity index (χ1) is 7.43. The van der Waals surface area contributed by atoms with Gasteiger partial charge in [0.15, 0.2) is 0 Å². The zero-order chi connectivity index (χ0) is 12.3. The van der Waals surface area contributed by atoms with E-state index in [4.69, 9.17) is 11.5 Å². The van der Waals surface area contributed by atoms with Gasteiger partial charge in [0.05, 0.1) is 0 Å². The van der Waals surface area contributed by atoms with Crippen molar-refractivity contribution in [2.24, 2.45) is 23.3 Å². The highest BCUT2D eigenvalue weighted by molar-refractivity contribution is 5.92. The Bertz CT molecular complexity index is 305. The van der Waals surface area contributed by atoms with Crippen molar-refractivity contribution in [1.82, 2.24) is 0 Å². The van der Waals surface area contributed by atoms with E-state index in [1.165, 1.54) is 0 Å². The minimum atomic E-state index is -0.433. The normalized spacial score (nSPS) is 24.8. The zero-order valence-corrected chi connectivity index (χ0v) is 9.37. The van der Waals surface area contributed by atoms with Gasteiger partial charge in [-0.2, -0.15) is 0 Å². The minimum absolute atomic E-state index is 0.148. The van der Waals surface area contributed by atoms with Gasteiger partial charge >= 0.3 is 0 Å². The fraction of sp³-hybridized carbons (Fsp3) is 0.500. The molecule has 2 amide bonds. The Morgan fingerprint density at radius 3 is 1.25 bits per heavy atom. The number of nitrogens with two attached hydrogens (primary N) is 2. The molecule has 4 N–H and O–H groups in total. The van der Waals surface area contributed by atoms with Crippen LogP contribution in [0.25, 0.3) is 0 Å². The van der Waals surface area contributed by atoms with Gasteiger partial charge in [-0.3, -0.25) is 9.59 Å². The SMILES string of the molecule is C=C(C(N)=O)C1CCC(C(=C)C(N)=O)CC1. The van der Waals surface area contributed by atoms with Crippen molar-refractivity contribution in [3.63, 3.8) is 0 Å². The van der Waals surface area contributed by atoms with Crippen molar-refractivity contribution in [2.45, 2.75) is 25.7 Å². The number of carbonyl (C=O) groups is 2. The molecule has 88 valence electrons. The quantitative estimate of drug-likeness (QED) is 0.692. The number of hydrogen-bond acceptors (Lipinski definition) is 2. The van der Waals surface area contributed by atoms with E-state index in [9.17, 15) is 9.59 Å². The van der Waals surface area contributed by atoms with E-state index >= 15 is 0 Å². The monoisotopic (exact) mass is 222 g/mol. The number of primary amides is 2. The van der Waals surface area contributed by atoms with Crippen LogP contribution in [0.4, 0.5) is 0 Å². The molecule has 0 unspecified atom stereocenters. The maximum absolute atomic E-state index is 11.0. The average Bonchev–Trinajstić information content (AvgIpc) is 2.27. The van der Waals surface area contributed by atoms with Crippen LogP contribution in [0, 0.1) is 11.8 Å². The molecule has 1 aliphatic carbocycles. The summed E-state index contributed by atoms with van der Waals surface area (Å²) in [4.78, 5) is 21.9. The second-order valence-electron chi connectivity index (χ2n) is 4.33. The fourth-order valence-corrected chi connectivity index (χ4v) is 2.19. The highest BCUT2D eigenvalue weighted by Gasteiger charge is 2.27. The average molecular weight is 222 g/mol. The van der Waals surface area contributed by atoms with Crippen molar-refractivity contribution in [3.8, 4) is 0 Å². The zero-order valence-electron chi connectivity index (χ0n) is 9.37. The van der Waals surface area contributed by atoms with Crippen LogP contribution in [0.1, 0.15) is 25.7 Å². The van der Waals surface area contributed by atoms with E-state index in [0.29, 0.717) is 11.1 Å². The lowest BCUT2D eigenvalue weighted by Gasteiger charge is -2.29. The van der Waals surface area contributed by atoms with Crippen LogP contribution in [0.3, 0.4) is 0 Å². The predicted molar refractivity (Wildman–Crippen MR) is 62.1 cm³/mol. The van der Waals surface area contributed by atoms with E-state index in [1.54, 1.807) is 0 Å². The van der Waals surface area contributed by atoms with Gasteiger partial charge in [0.2, 0.25) is 11.8 Å². The van der Waals surface area contributed by atoms with Crippen molar-refractivity contribution in [1.29, 1.82) is 0 Å². The molecule has 4 nitrogen and oxygen atoms in total. The highest BCUT2D eigenvalue weighted by Crippen LogP contribution is 2.35. The molecule has 0 saturated heterocycles. The van der Waals surface area contributed by atoms with Crippen LogP contribution < -0.4 is 11.5 Å². The predicted octanol–water partition coefficient (Wildman–Crippen LogP) is 0.876. The summed E-state index contributed by atoms with van der Waals surface area (Å²) in [7, 11) is 0. The Balaban J connectivity index is 2.52. The first-order valence-electron chi connectivity index (χ1n) is 5.40. The molecule has 1 fully saturated rings. The van der Waals surface area contributed by atoms with E-state index in [1.807, 2.05) is 0 Å². The van der Waals surface area contributed by atoms with Crippen LogP contribution in [0.15, 0.2) is 24.3 Å². The summed E-state index contributed by atoms with van der Waals surface area (Å²) >= 11 is 0. The van der Waals surface area contributed by atoms with Gasteiger partial charge in [0.1, 0.15) is 0 Å². The van der Waals surface area contributed by atoms with Gasteiger partial charge in [-0.15, -0.1) is 0 Å². The molecule has 1 aliphatic rings. The Morgan fingerprint density at radius 1 is 0.812 bits per heavy atom. The van der Waals surface area contributed by atoms with E-state index in [-0.39, 0.29) is 11.8 Å². The Morgan fingerprint density at radius 2 is 1.06 bits per heavy atom. The molecule has 16 heavy (non-hydrogen) atoms. The maximum atomic E-state index is 11.0. The topological polar surface area (TPSA) is 86.2 Å². The van der Waals surface area contributed by atoms with Gasteiger partial charge in [-0.05, 0) is 37.5 Å². The first-order valence-corrected chi connectivity index (χ1v) is 5.40. The Kier molecular flexibility index (Phi) is 3.88. The van der Waals surface area contributed by atoms with Crippen LogP contribution in [0.2, 0.25) is 0 Å². The van der Waals surface area contributed by atoms with Crippen molar-refractivity contribution >= 4 is 11.8 Å². The summed E-state index contributed by atoms with van der Waals surface area (Å²) in [5.41, 5.74) is 11.3. The molecule has 1 rings (SSSR count). The van der Waals surface area contributed by atoms with Gasteiger partial charge in [0.25, 0.3) is 0 Å². The third-order valence-electron chi connectivity index (χ3n) is 3.35. The van der Waals surface area contributed by atoms with Gasteiger partial charge in [-0.1, -0.05) is 13.2 Å².